The molecule has 1 atom stereocenters. The molecule has 2 aromatic carbocycles. The van der Waals surface area contributed by atoms with Gasteiger partial charge in [-0.25, -0.2) is 0 Å². The molecule has 6 nitrogen and oxygen atoms in total. The average molecular weight is 501 g/mol. The standard InChI is InChI=1S/C26H30Cl2N4O2/c1-4-23(19-6-5-16(2)17(3)13-19)29-26(33)18-9-11-32(12-10-18)15-24-30-25(31-34-24)21-8-7-20(27)14-22(21)28/h5-8,13-14,18,23H,4,9-12,15H2,1-3H3,(H,29,33). The molecule has 34 heavy (non-hydrogen) atoms. The van der Waals surface area contributed by atoms with E-state index in [1.54, 1.807) is 18.2 Å². The zero-order chi connectivity index (χ0) is 24.2. The van der Waals surface area contributed by atoms with Crippen LogP contribution in [0, 0.1) is 19.8 Å². The molecule has 1 N–H and O–H groups in total. The molecular formula is C26H30Cl2N4O2. The van der Waals surface area contributed by atoms with Crippen LogP contribution in [0.15, 0.2) is 40.9 Å². The summed E-state index contributed by atoms with van der Waals surface area (Å²) in [6.07, 6.45) is 2.47. The summed E-state index contributed by atoms with van der Waals surface area (Å²) < 4.78 is 5.44. The first-order valence-electron chi connectivity index (χ1n) is 11.7. The number of amides is 1. The van der Waals surface area contributed by atoms with Crippen LogP contribution in [0.1, 0.15) is 54.8 Å². The van der Waals surface area contributed by atoms with Crippen LogP contribution in [0.2, 0.25) is 10.0 Å². The van der Waals surface area contributed by atoms with Crippen LogP contribution >= 0.6 is 23.2 Å². The Kier molecular flexibility index (Phi) is 7.91. The third kappa shape index (κ3) is 5.80. The maximum absolute atomic E-state index is 13.0. The van der Waals surface area contributed by atoms with E-state index in [-0.39, 0.29) is 17.9 Å². The molecule has 0 saturated carbocycles. The summed E-state index contributed by atoms with van der Waals surface area (Å²) in [6.45, 7) is 8.48. The van der Waals surface area contributed by atoms with E-state index < -0.39 is 0 Å². The van der Waals surface area contributed by atoms with Gasteiger partial charge < -0.3 is 9.84 Å². The fourth-order valence-corrected chi connectivity index (χ4v) is 4.83. The van der Waals surface area contributed by atoms with Gasteiger partial charge in [-0.2, -0.15) is 4.98 Å². The zero-order valence-corrected chi connectivity index (χ0v) is 21.3. The van der Waals surface area contributed by atoms with Crippen molar-refractivity contribution in [1.29, 1.82) is 0 Å². The number of nitrogens with zero attached hydrogens (tertiary/aromatic N) is 3. The third-order valence-corrected chi connectivity index (χ3v) is 7.16. The molecule has 1 aromatic heterocycles. The first-order chi connectivity index (χ1) is 16.3. The van der Waals surface area contributed by atoms with E-state index in [0.717, 1.165) is 32.4 Å². The van der Waals surface area contributed by atoms with Crippen molar-refractivity contribution >= 4 is 29.1 Å². The lowest BCUT2D eigenvalue weighted by molar-refractivity contribution is -0.127. The number of piperidine rings is 1. The smallest absolute Gasteiger partial charge is 0.241 e. The second kappa shape index (κ2) is 10.9. The summed E-state index contributed by atoms with van der Waals surface area (Å²) in [5, 5.41) is 8.38. The SMILES string of the molecule is CCC(NC(=O)C1CCN(Cc2nc(-c3ccc(Cl)cc3Cl)no2)CC1)c1ccc(C)c(C)c1. The second-order valence-electron chi connectivity index (χ2n) is 9.00. The third-order valence-electron chi connectivity index (χ3n) is 6.62. The van der Waals surface area contributed by atoms with E-state index >= 15 is 0 Å². The Morgan fingerprint density at radius 3 is 2.59 bits per heavy atom. The van der Waals surface area contributed by atoms with Gasteiger partial charge in [-0.1, -0.05) is 53.5 Å². The first kappa shape index (κ1) is 24.7. The number of likely N-dealkylation sites (tertiary alicyclic amines) is 1. The van der Waals surface area contributed by atoms with E-state index in [1.165, 1.54) is 16.7 Å². The van der Waals surface area contributed by atoms with Gasteiger partial charge in [0.1, 0.15) is 0 Å². The van der Waals surface area contributed by atoms with Crippen LogP contribution in [0.3, 0.4) is 0 Å². The van der Waals surface area contributed by atoms with Crippen molar-refractivity contribution in [3.05, 3.63) is 69.0 Å². The molecule has 8 heteroatoms. The molecule has 2 heterocycles. The number of carbonyl (C=O) groups excluding carboxylic acids is 1. The van der Waals surface area contributed by atoms with Gasteiger partial charge >= 0.3 is 0 Å². The highest BCUT2D eigenvalue weighted by Crippen LogP contribution is 2.29. The van der Waals surface area contributed by atoms with E-state index in [1.807, 2.05) is 0 Å². The maximum Gasteiger partial charge on any atom is 0.241 e. The minimum absolute atomic E-state index is 0.0166. The number of rotatable bonds is 7. The van der Waals surface area contributed by atoms with Gasteiger partial charge in [0, 0.05) is 16.5 Å². The molecule has 1 aliphatic heterocycles. The van der Waals surface area contributed by atoms with Gasteiger partial charge in [-0.15, -0.1) is 0 Å². The Morgan fingerprint density at radius 2 is 1.91 bits per heavy atom. The lowest BCUT2D eigenvalue weighted by atomic mass is 9.94. The lowest BCUT2D eigenvalue weighted by Crippen LogP contribution is -2.41. The average Bonchev–Trinajstić information content (AvgIpc) is 3.27. The van der Waals surface area contributed by atoms with Gasteiger partial charge in [-0.05, 0) is 81.1 Å². The van der Waals surface area contributed by atoms with Gasteiger partial charge in [0.2, 0.25) is 17.6 Å². The molecule has 1 fully saturated rings. The second-order valence-corrected chi connectivity index (χ2v) is 9.84. The largest absolute Gasteiger partial charge is 0.349 e. The number of aromatic nitrogens is 2. The molecule has 0 radical (unpaired) electrons. The summed E-state index contributed by atoms with van der Waals surface area (Å²) in [5.41, 5.74) is 4.37. The number of nitrogens with one attached hydrogen (secondary N) is 1. The highest BCUT2D eigenvalue weighted by atomic mass is 35.5. The fourth-order valence-electron chi connectivity index (χ4n) is 4.34. The Balaban J connectivity index is 1.30. The molecule has 4 rings (SSSR count). The fraction of sp³-hybridized carbons (Fsp3) is 0.423. The van der Waals surface area contributed by atoms with Crippen LogP contribution in [0.5, 0.6) is 0 Å². The van der Waals surface area contributed by atoms with Crippen LogP contribution in [-0.4, -0.2) is 34.0 Å². The molecule has 0 aliphatic carbocycles. The Labute approximate surface area is 210 Å². The highest BCUT2D eigenvalue weighted by Gasteiger charge is 2.27. The van der Waals surface area contributed by atoms with Gasteiger partial charge in [-0.3, -0.25) is 9.69 Å². The summed E-state index contributed by atoms with van der Waals surface area (Å²) >= 11 is 12.2. The number of aryl methyl sites for hydroxylation is 2. The number of hydrogen-bond acceptors (Lipinski definition) is 5. The normalized spacial score (nSPS) is 15.9. The summed E-state index contributed by atoms with van der Waals surface area (Å²) in [7, 11) is 0. The van der Waals surface area contributed by atoms with Crippen molar-refractivity contribution in [2.24, 2.45) is 5.92 Å². The molecule has 1 amide bonds. The predicted molar refractivity (Wildman–Crippen MR) is 135 cm³/mol. The van der Waals surface area contributed by atoms with Crippen LogP contribution in [0.25, 0.3) is 11.4 Å². The van der Waals surface area contributed by atoms with Crippen molar-refractivity contribution < 1.29 is 9.32 Å². The van der Waals surface area contributed by atoms with Crippen molar-refractivity contribution in [3.8, 4) is 11.4 Å². The van der Waals surface area contributed by atoms with Gasteiger partial charge in [0.05, 0.1) is 17.6 Å². The minimum atomic E-state index is 0.0166. The topological polar surface area (TPSA) is 71.3 Å². The number of benzene rings is 2. The van der Waals surface area contributed by atoms with Crippen LogP contribution < -0.4 is 5.32 Å². The molecule has 1 saturated heterocycles. The predicted octanol–water partition coefficient (Wildman–Crippen LogP) is 6.14. The van der Waals surface area contributed by atoms with Crippen LogP contribution in [-0.2, 0) is 11.3 Å². The van der Waals surface area contributed by atoms with E-state index in [2.05, 4.69) is 59.3 Å². The monoisotopic (exact) mass is 500 g/mol. The van der Waals surface area contributed by atoms with E-state index in [9.17, 15) is 4.79 Å². The van der Waals surface area contributed by atoms with Crippen molar-refractivity contribution in [2.45, 2.75) is 52.6 Å². The lowest BCUT2D eigenvalue weighted by Gasteiger charge is -2.31. The van der Waals surface area contributed by atoms with Gasteiger partial charge in [0.25, 0.3) is 0 Å². The summed E-state index contributed by atoms with van der Waals surface area (Å²) in [4.78, 5) is 19.7. The number of carbonyl (C=O) groups is 1. The Hall–Kier alpha value is -2.41. The quantitative estimate of drug-likeness (QED) is 0.421. The van der Waals surface area contributed by atoms with Gasteiger partial charge in [0.15, 0.2) is 0 Å². The van der Waals surface area contributed by atoms with E-state index in [4.69, 9.17) is 27.7 Å². The van der Waals surface area contributed by atoms with Crippen molar-refractivity contribution in [2.75, 3.05) is 13.1 Å². The molecular weight excluding hydrogens is 471 g/mol. The molecule has 0 spiro atoms. The number of hydrogen-bond donors (Lipinski definition) is 1. The zero-order valence-electron chi connectivity index (χ0n) is 19.8. The van der Waals surface area contributed by atoms with E-state index in [0.29, 0.717) is 33.9 Å². The summed E-state index contributed by atoms with van der Waals surface area (Å²) in [6, 6.07) is 11.7. The number of halogens is 2. The molecule has 0 bridgehead atoms. The maximum atomic E-state index is 13.0. The van der Waals surface area contributed by atoms with Crippen LogP contribution in [0.4, 0.5) is 0 Å². The minimum Gasteiger partial charge on any atom is -0.349 e. The molecule has 1 unspecified atom stereocenters. The first-order valence-corrected chi connectivity index (χ1v) is 12.5. The summed E-state index contributed by atoms with van der Waals surface area (Å²) in [5.74, 6) is 1.14. The Bertz CT molecular complexity index is 1160. The molecule has 180 valence electrons. The van der Waals surface area contributed by atoms with Crippen molar-refractivity contribution in [1.82, 2.24) is 20.4 Å². The highest BCUT2D eigenvalue weighted by molar-refractivity contribution is 6.36. The Morgan fingerprint density at radius 1 is 1.15 bits per heavy atom. The molecule has 3 aromatic rings. The van der Waals surface area contributed by atoms with Crippen molar-refractivity contribution in [3.63, 3.8) is 0 Å². The molecule has 1 aliphatic rings.